The highest BCUT2D eigenvalue weighted by atomic mass is 79.9. The van der Waals surface area contributed by atoms with Crippen LogP contribution in [-0.2, 0) is 9.53 Å². The smallest absolute Gasteiger partial charge is 0.262 e. The first kappa shape index (κ1) is 21.0. The number of benzene rings is 1. The average molecular weight is 492 g/mol. The summed E-state index contributed by atoms with van der Waals surface area (Å²) in [4.78, 5) is 40.5. The van der Waals surface area contributed by atoms with E-state index in [1.165, 1.54) is 11.3 Å². The second kappa shape index (κ2) is 8.87. The molecule has 0 spiro atoms. The maximum Gasteiger partial charge on any atom is 0.262 e. The molecule has 3 heterocycles. The number of amides is 3. The molecule has 2 aliphatic heterocycles. The van der Waals surface area contributed by atoms with Gasteiger partial charge in [-0.25, -0.2) is 0 Å². The van der Waals surface area contributed by atoms with Gasteiger partial charge in [0.25, 0.3) is 17.7 Å². The van der Waals surface area contributed by atoms with Gasteiger partial charge in [-0.15, -0.1) is 11.3 Å². The molecule has 0 saturated carbocycles. The molecule has 30 heavy (non-hydrogen) atoms. The zero-order chi connectivity index (χ0) is 21.1. The maximum absolute atomic E-state index is 13.0. The highest BCUT2D eigenvalue weighted by Crippen LogP contribution is 2.26. The molecule has 1 aromatic heterocycles. The van der Waals surface area contributed by atoms with Crippen molar-refractivity contribution in [1.29, 1.82) is 0 Å². The summed E-state index contributed by atoms with van der Waals surface area (Å²) in [5, 5.41) is 5.72. The van der Waals surface area contributed by atoms with E-state index in [4.69, 9.17) is 4.74 Å². The van der Waals surface area contributed by atoms with E-state index in [9.17, 15) is 14.4 Å². The number of halogens is 1. The van der Waals surface area contributed by atoms with Crippen LogP contribution in [0.25, 0.3) is 0 Å². The molecule has 0 unspecified atom stereocenters. The minimum Gasteiger partial charge on any atom is -0.378 e. The van der Waals surface area contributed by atoms with Crippen LogP contribution in [0.3, 0.4) is 0 Å². The Bertz CT molecular complexity index is 947. The molecule has 0 radical (unpaired) electrons. The number of carbonyl (C=O) groups is 3. The third-order valence-electron chi connectivity index (χ3n) is 5.39. The lowest BCUT2D eigenvalue weighted by Gasteiger charge is -2.27. The SMILES string of the molecule is O=C(N[C@]1(C(=O)Nc2ccc(C(=O)N3CCCC3)cc2)CCOC1)c1ccc(Br)s1. The summed E-state index contributed by atoms with van der Waals surface area (Å²) in [5.74, 6) is -0.624. The molecule has 1 atom stereocenters. The molecule has 1 aromatic carbocycles. The number of nitrogens with zero attached hydrogens (tertiary/aromatic N) is 1. The lowest BCUT2D eigenvalue weighted by atomic mass is 9.97. The number of hydrogen-bond donors (Lipinski definition) is 2. The number of thiophene rings is 1. The summed E-state index contributed by atoms with van der Waals surface area (Å²) >= 11 is 4.65. The number of carbonyl (C=O) groups excluding carboxylic acids is 3. The van der Waals surface area contributed by atoms with Crippen LogP contribution < -0.4 is 10.6 Å². The maximum atomic E-state index is 13.0. The standard InChI is InChI=1S/C21H22BrN3O4S/c22-17-8-7-16(30-17)18(26)24-21(9-12-29-13-21)20(28)23-15-5-3-14(4-6-15)19(27)25-10-1-2-11-25/h3-8H,1-2,9-13H2,(H,23,28)(H,24,26)/t21-/m1/s1. The molecule has 9 heteroatoms. The highest BCUT2D eigenvalue weighted by molar-refractivity contribution is 9.11. The number of hydrogen-bond acceptors (Lipinski definition) is 5. The summed E-state index contributed by atoms with van der Waals surface area (Å²) in [7, 11) is 0. The Morgan fingerprint density at radius 2 is 1.80 bits per heavy atom. The molecule has 0 bridgehead atoms. The second-order valence-corrected chi connectivity index (χ2v) is 9.94. The van der Waals surface area contributed by atoms with E-state index < -0.39 is 5.54 Å². The summed E-state index contributed by atoms with van der Waals surface area (Å²) in [6, 6.07) is 10.4. The summed E-state index contributed by atoms with van der Waals surface area (Å²) in [6.45, 7) is 2.09. The fourth-order valence-electron chi connectivity index (χ4n) is 3.66. The summed E-state index contributed by atoms with van der Waals surface area (Å²) in [5.41, 5.74) is 0.0418. The van der Waals surface area contributed by atoms with Crippen LogP contribution in [-0.4, -0.2) is 54.5 Å². The van der Waals surface area contributed by atoms with Gasteiger partial charge in [0.1, 0.15) is 5.54 Å². The Morgan fingerprint density at radius 1 is 1.07 bits per heavy atom. The third-order valence-corrected chi connectivity index (χ3v) is 7.01. The first-order valence-corrected chi connectivity index (χ1v) is 11.4. The van der Waals surface area contributed by atoms with Gasteiger partial charge in [-0.3, -0.25) is 14.4 Å². The van der Waals surface area contributed by atoms with Crippen LogP contribution in [0.4, 0.5) is 5.69 Å². The van der Waals surface area contributed by atoms with Crippen LogP contribution in [0.5, 0.6) is 0 Å². The van der Waals surface area contributed by atoms with E-state index in [-0.39, 0.29) is 24.3 Å². The monoisotopic (exact) mass is 491 g/mol. The Hall–Kier alpha value is -2.23. The number of ether oxygens (including phenoxy) is 1. The first-order chi connectivity index (χ1) is 14.5. The third kappa shape index (κ3) is 4.43. The normalized spacial score (nSPS) is 20.9. The zero-order valence-corrected chi connectivity index (χ0v) is 18.7. The summed E-state index contributed by atoms with van der Waals surface area (Å²) in [6.07, 6.45) is 2.47. The van der Waals surface area contributed by atoms with Crippen molar-refractivity contribution in [2.75, 3.05) is 31.6 Å². The topological polar surface area (TPSA) is 87.7 Å². The number of likely N-dealkylation sites (tertiary alicyclic amines) is 1. The Balaban J connectivity index is 1.44. The minimum atomic E-state index is -1.13. The summed E-state index contributed by atoms with van der Waals surface area (Å²) < 4.78 is 6.28. The molecular weight excluding hydrogens is 470 g/mol. The van der Waals surface area contributed by atoms with Crippen molar-refractivity contribution in [3.05, 3.63) is 50.6 Å². The van der Waals surface area contributed by atoms with Crippen molar-refractivity contribution in [3.63, 3.8) is 0 Å². The van der Waals surface area contributed by atoms with Gasteiger partial charge in [0.2, 0.25) is 0 Å². The second-order valence-electron chi connectivity index (χ2n) is 7.47. The van der Waals surface area contributed by atoms with Crippen molar-refractivity contribution in [3.8, 4) is 0 Å². The molecule has 7 nitrogen and oxygen atoms in total. The number of nitrogens with one attached hydrogen (secondary N) is 2. The molecule has 4 rings (SSSR count). The average Bonchev–Trinajstić information content (AvgIpc) is 3.50. The fourth-order valence-corrected chi connectivity index (χ4v) is 4.95. The minimum absolute atomic E-state index is 0.0143. The largest absolute Gasteiger partial charge is 0.378 e. The van der Waals surface area contributed by atoms with Gasteiger partial charge in [-0.05, 0) is 65.2 Å². The molecule has 158 valence electrons. The molecule has 2 aliphatic rings. The molecular formula is C21H22BrN3O4S. The van der Waals surface area contributed by atoms with Crippen LogP contribution in [0.2, 0.25) is 0 Å². The number of anilines is 1. The predicted molar refractivity (Wildman–Crippen MR) is 118 cm³/mol. The molecule has 2 aromatic rings. The van der Waals surface area contributed by atoms with Crippen LogP contribution in [0.1, 0.15) is 39.3 Å². The van der Waals surface area contributed by atoms with Crippen molar-refractivity contribution in [1.82, 2.24) is 10.2 Å². The Morgan fingerprint density at radius 3 is 2.40 bits per heavy atom. The van der Waals surface area contributed by atoms with Crippen LogP contribution >= 0.6 is 27.3 Å². The van der Waals surface area contributed by atoms with Crippen molar-refractivity contribution < 1.29 is 19.1 Å². The van der Waals surface area contributed by atoms with Gasteiger partial charge in [-0.2, -0.15) is 0 Å². The predicted octanol–water partition coefficient (Wildman–Crippen LogP) is 3.27. The quantitative estimate of drug-likeness (QED) is 0.671. The van der Waals surface area contributed by atoms with Gasteiger partial charge in [-0.1, -0.05) is 0 Å². The van der Waals surface area contributed by atoms with E-state index >= 15 is 0 Å². The zero-order valence-electron chi connectivity index (χ0n) is 16.3. The Kier molecular flexibility index (Phi) is 6.21. The lowest BCUT2D eigenvalue weighted by Crippen LogP contribution is -2.57. The molecule has 0 aliphatic carbocycles. The molecule has 2 N–H and O–H groups in total. The van der Waals surface area contributed by atoms with E-state index in [1.54, 1.807) is 36.4 Å². The van der Waals surface area contributed by atoms with E-state index in [0.29, 0.717) is 29.2 Å². The Labute approximate surface area is 186 Å². The van der Waals surface area contributed by atoms with E-state index in [1.807, 2.05) is 4.90 Å². The van der Waals surface area contributed by atoms with Crippen molar-refractivity contribution in [2.24, 2.45) is 0 Å². The van der Waals surface area contributed by atoms with Crippen molar-refractivity contribution >= 4 is 50.7 Å². The van der Waals surface area contributed by atoms with Gasteiger partial charge >= 0.3 is 0 Å². The number of rotatable bonds is 5. The first-order valence-electron chi connectivity index (χ1n) is 9.83. The van der Waals surface area contributed by atoms with Gasteiger partial charge in [0, 0.05) is 37.4 Å². The van der Waals surface area contributed by atoms with Gasteiger partial charge < -0.3 is 20.3 Å². The van der Waals surface area contributed by atoms with Gasteiger partial charge in [0.05, 0.1) is 15.3 Å². The van der Waals surface area contributed by atoms with Crippen molar-refractivity contribution in [2.45, 2.75) is 24.8 Å². The highest BCUT2D eigenvalue weighted by Gasteiger charge is 2.44. The molecule has 2 saturated heterocycles. The fraction of sp³-hybridized carbons (Fsp3) is 0.381. The van der Waals surface area contributed by atoms with Gasteiger partial charge in [0.15, 0.2) is 0 Å². The van der Waals surface area contributed by atoms with Crippen LogP contribution in [0, 0.1) is 0 Å². The molecule has 3 amide bonds. The lowest BCUT2D eigenvalue weighted by molar-refractivity contribution is -0.122. The van der Waals surface area contributed by atoms with E-state index in [0.717, 1.165) is 29.7 Å². The molecule has 2 fully saturated rings. The van der Waals surface area contributed by atoms with Crippen LogP contribution in [0.15, 0.2) is 40.2 Å². The van der Waals surface area contributed by atoms with E-state index in [2.05, 4.69) is 26.6 Å².